The van der Waals surface area contributed by atoms with E-state index in [1.54, 1.807) is 0 Å². The van der Waals surface area contributed by atoms with Crippen LogP contribution in [0.1, 0.15) is 65.6 Å². The van der Waals surface area contributed by atoms with Crippen molar-refractivity contribution in [1.29, 1.82) is 0 Å². The van der Waals surface area contributed by atoms with Gasteiger partial charge in [-0.05, 0) is 84.7 Å². The molecule has 258 valence electrons. The molecule has 0 aliphatic heterocycles. The number of aromatic nitrogens is 5. The summed E-state index contributed by atoms with van der Waals surface area (Å²) in [6, 6.07) is 1.88. The molecule has 0 bridgehead atoms. The van der Waals surface area contributed by atoms with Gasteiger partial charge in [0.25, 0.3) is 5.95 Å². The van der Waals surface area contributed by atoms with Crippen LogP contribution >= 0.6 is 0 Å². The van der Waals surface area contributed by atoms with Gasteiger partial charge in [-0.15, -0.1) is 5.10 Å². The maximum absolute atomic E-state index is 13.7. The van der Waals surface area contributed by atoms with Crippen molar-refractivity contribution in [2.45, 2.75) is 70.1 Å². The number of carboxylic acids is 1. The Kier molecular flexibility index (Phi) is 11.0. The molecule has 3 aromatic rings. The minimum atomic E-state index is -5.10. The molecule has 0 amide bonds. The molecule has 0 unspecified atom stereocenters. The predicted molar refractivity (Wildman–Crippen MR) is 149 cm³/mol. The second-order valence-electron chi connectivity index (χ2n) is 11.6. The highest BCUT2D eigenvalue weighted by Gasteiger charge is 2.37. The van der Waals surface area contributed by atoms with Crippen molar-refractivity contribution >= 4 is 11.9 Å². The van der Waals surface area contributed by atoms with E-state index in [2.05, 4.69) is 25.7 Å². The van der Waals surface area contributed by atoms with Crippen molar-refractivity contribution in [1.82, 2.24) is 30.5 Å². The van der Waals surface area contributed by atoms with E-state index in [1.165, 1.54) is 7.05 Å². The fourth-order valence-corrected chi connectivity index (χ4v) is 5.59. The number of halogens is 9. The summed E-state index contributed by atoms with van der Waals surface area (Å²) in [5, 5.41) is 23.7. The van der Waals surface area contributed by atoms with Crippen LogP contribution in [0, 0.1) is 11.8 Å². The Labute approximate surface area is 263 Å². The molecule has 1 aromatic carbocycles. The maximum atomic E-state index is 13.7. The first-order valence-corrected chi connectivity index (χ1v) is 14.6. The zero-order valence-corrected chi connectivity index (χ0v) is 25.1. The van der Waals surface area contributed by atoms with Gasteiger partial charge in [-0.25, -0.2) is 0 Å². The quantitative estimate of drug-likeness (QED) is 0.170. The maximum Gasteiger partial charge on any atom is 0.417 e. The Morgan fingerprint density at radius 2 is 1.49 bits per heavy atom. The monoisotopic (exact) mass is 681 g/mol. The molecule has 4 rings (SSSR count). The molecule has 2 aromatic heterocycles. The molecule has 0 spiro atoms. The Morgan fingerprint density at radius 3 is 2.02 bits per heavy atom. The zero-order valence-electron chi connectivity index (χ0n) is 25.1. The van der Waals surface area contributed by atoms with Crippen LogP contribution in [0.15, 0.2) is 30.5 Å². The normalized spacial score (nSPS) is 17.6. The second kappa shape index (κ2) is 14.4. The van der Waals surface area contributed by atoms with E-state index in [1.807, 2.05) is 0 Å². The van der Waals surface area contributed by atoms with Crippen LogP contribution in [0.25, 0.3) is 0 Å². The first kappa shape index (κ1) is 35.9. The fraction of sp³-hybridized carbons (Fsp3) is 0.552. The number of carboxylic acid groups (broad SMARTS) is 1. The van der Waals surface area contributed by atoms with E-state index in [0.29, 0.717) is 37.3 Å². The highest BCUT2D eigenvalue weighted by Crippen LogP contribution is 2.37. The van der Waals surface area contributed by atoms with E-state index < -0.39 is 59.8 Å². The minimum Gasteiger partial charge on any atom is -0.481 e. The van der Waals surface area contributed by atoms with Crippen molar-refractivity contribution in [3.63, 3.8) is 0 Å². The van der Waals surface area contributed by atoms with E-state index >= 15 is 0 Å². The second-order valence-corrected chi connectivity index (χ2v) is 11.6. The van der Waals surface area contributed by atoms with Crippen LogP contribution in [0.5, 0.6) is 0 Å². The lowest BCUT2D eigenvalue weighted by atomic mass is 9.80. The summed E-state index contributed by atoms with van der Waals surface area (Å²) in [4.78, 5) is 17.1. The molecule has 18 heteroatoms. The van der Waals surface area contributed by atoms with E-state index in [-0.39, 0.29) is 42.0 Å². The topological polar surface area (TPSA) is 109 Å². The number of alkyl halides is 9. The van der Waals surface area contributed by atoms with Crippen molar-refractivity contribution in [2.75, 3.05) is 18.0 Å². The standard InChI is InChI=1S/C29H32F9N7O2/c1-44-42-26(41-43-44)45(15-19-8-21(27(30,31)32)12-22(9-19)28(33,34)35)16-20-11-23(29(36,37)38)14-40-24(20)6-7-39-13-18-4-2-17(3-5-18)10-25(46)47/h8-9,11-12,14,17-18,39H,2-7,10,13,15-16H2,1H3,(H,46,47)/t17-,18-. The van der Waals surface area contributed by atoms with Crippen LogP contribution in [0.4, 0.5) is 45.5 Å². The minimum absolute atomic E-state index is 0.0159. The van der Waals surface area contributed by atoms with Crippen LogP contribution < -0.4 is 10.2 Å². The molecular weight excluding hydrogens is 649 g/mol. The van der Waals surface area contributed by atoms with Crippen molar-refractivity contribution < 1.29 is 49.4 Å². The number of benzene rings is 1. The summed E-state index contributed by atoms with van der Waals surface area (Å²) in [7, 11) is 1.36. The molecule has 1 saturated carbocycles. The molecule has 0 atom stereocenters. The third kappa shape index (κ3) is 10.3. The van der Waals surface area contributed by atoms with Crippen molar-refractivity contribution in [3.8, 4) is 0 Å². The van der Waals surface area contributed by atoms with Gasteiger partial charge in [-0.1, -0.05) is 5.10 Å². The molecule has 1 aliphatic carbocycles. The van der Waals surface area contributed by atoms with Crippen LogP contribution in [0.3, 0.4) is 0 Å². The predicted octanol–water partition coefficient (Wildman–Crippen LogP) is 6.28. The third-order valence-corrected chi connectivity index (χ3v) is 7.95. The number of aliphatic carboxylic acids is 1. The number of anilines is 1. The largest absolute Gasteiger partial charge is 0.481 e. The average Bonchev–Trinajstić information content (AvgIpc) is 3.40. The van der Waals surface area contributed by atoms with Crippen molar-refractivity contribution in [3.05, 3.63) is 64.0 Å². The number of carbonyl (C=O) groups is 1. The van der Waals surface area contributed by atoms with Gasteiger partial charge in [0, 0.05) is 44.4 Å². The van der Waals surface area contributed by atoms with Crippen LogP contribution in [0.2, 0.25) is 0 Å². The Bertz CT molecular complexity index is 1480. The Hall–Kier alpha value is -3.96. The Morgan fingerprint density at radius 1 is 0.894 bits per heavy atom. The molecule has 0 radical (unpaired) electrons. The van der Waals surface area contributed by atoms with Gasteiger partial charge in [0.2, 0.25) is 0 Å². The first-order chi connectivity index (χ1) is 21.9. The first-order valence-electron chi connectivity index (χ1n) is 14.6. The Balaban J connectivity index is 1.56. The van der Waals surface area contributed by atoms with Gasteiger partial charge in [-0.2, -0.15) is 44.3 Å². The van der Waals surface area contributed by atoms with E-state index in [9.17, 15) is 44.3 Å². The lowest BCUT2D eigenvalue weighted by molar-refractivity contribution is -0.143. The van der Waals surface area contributed by atoms with E-state index in [0.717, 1.165) is 41.4 Å². The summed E-state index contributed by atoms with van der Waals surface area (Å²) < 4.78 is 122. The molecule has 47 heavy (non-hydrogen) atoms. The number of hydrogen-bond donors (Lipinski definition) is 2. The summed E-state index contributed by atoms with van der Waals surface area (Å²) in [6.45, 7) is -0.158. The zero-order chi connectivity index (χ0) is 34.6. The average molecular weight is 682 g/mol. The number of rotatable bonds is 12. The van der Waals surface area contributed by atoms with Gasteiger partial charge in [0.05, 0.1) is 23.7 Å². The third-order valence-electron chi connectivity index (χ3n) is 7.95. The SMILES string of the molecule is Cn1nnc(N(Cc2cc(C(F)(F)F)cc(C(F)(F)F)c2)Cc2cc(C(F)(F)F)cnc2CCNC[C@H]2CC[C@H](CC(=O)O)CC2)n1. The molecule has 2 N–H and O–H groups in total. The lowest BCUT2D eigenvalue weighted by Crippen LogP contribution is -2.29. The lowest BCUT2D eigenvalue weighted by Gasteiger charge is -2.27. The number of nitrogens with one attached hydrogen (secondary N) is 1. The number of hydrogen-bond acceptors (Lipinski definition) is 7. The van der Waals surface area contributed by atoms with Gasteiger partial charge in [0.1, 0.15) is 0 Å². The fourth-order valence-electron chi connectivity index (χ4n) is 5.59. The van der Waals surface area contributed by atoms with Crippen LogP contribution in [-0.2, 0) is 49.9 Å². The van der Waals surface area contributed by atoms with Crippen LogP contribution in [-0.4, -0.2) is 49.4 Å². The van der Waals surface area contributed by atoms with E-state index in [4.69, 9.17) is 5.11 Å². The summed E-state index contributed by atoms with van der Waals surface area (Å²) in [6.07, 6.45) is -10.8. The van der Waals surface area contributed by atoms with Crippen molar-refractivity contribution in [2.24, 2.45) is 18.9 Å². The van der Waals surface area contributed by atoms with Gasteiger partial charge >= 0.3 is 24.5 Å². The number of nitrogens with zero attached hydrogens (tertiary/aromatic N) is 6. The number of pyridine rings is 1. The van der Waals surface area contributed by atoms with Gasteiger partial charge < -0.3 is 15.3 Å². The highest BCUT2D eigenvalue weighted by atomic mass is 19.4. The van der Waals surface area contributed by atoms with Gasteiger partial charge in [-0.3, -0.25) is 9.78 Å². The van der Waals surface area contributed by atoms with Gasteiger partial charge in [0.15, 0.2) is 0 Å². The highest BCUT2D eigenvalue weighted by molar-refractivity contribution is 5.67. The molecule has 1 fully saturated rings. The summed E-state index contributed by atoms with van der Waals surface area (Å²) >= 11 is 0. The number of aryl methyl sites for hydroxylation is 1. The summed E-state index contributed by atoms with van der Waals surface area (Å²) in [5.74, 6) is -0.642. The molecule has 1 aliphatic rings. The summed E-state index contributed by atoms with van der Waals surface area (Å²) in [5.41, 5.74) is -4.36. The molecule has 9 nitrogen and oxygen atoms in total. The molecular formula is C29H32F9N7O2. The number of tetrazole rings is 1. The molecule has 0 saturated heterocycles. The molecule has 2 heterocycles. The smallest absolute Gasteiger partial charge is 0.417 e.